The van der Waals surface area contributed by atoms with Crippen LogP contribution in [0.3, 0.4) is 0 Å². The number of nitrogen functional groups attached to an aromatic ring is 1. The first-order valence-corrected chi connectivity index (χ1v) is 7.17. The van der Waals surface area contributed by atoms with Crippen molar-refractivity contribution in [3.8, 4) is 0 Å². The van der Waals surface area contributed by atoms with E-state index in [4.69, 9.17) is 16.2 Å². The highest BCUT2D eigenvalue weighted by atomic mass is 16.5. The first-order valence-electron chi connectivity index (χ1n) is 7.17. The number of nitrogens with zero attached hydrogens (tertiary/aromatic N) is 1. The molecule has 1 fully saturated rings. The molecule has 1 saturated heterocycles. The van der Waals surface area contributed by atoms with Crippen LogP contribution in [-0.4, -0.2) is 31.1 Å². The Morgan fingerprint density at radius 2 is 2.14 bits per heavy atom. The fraction of sp³-hybridized carbons (Fsp3) is 0.467. The van der Waals surface area contributed by atoms with Gasteiger partial charge in [0.1, 0.15) is 6.04 Å². The van der Waals surface area contributed by atoms with Crippen molar-refractivity contribution in [3.63, 3.8) is 0 Å². The van der Waals surface area contributed by atoms with Gasteiger partial charge in [0.25, 0.3) is 0 Å². The number of primary amides is 1. The van der Waals surface area contributed by atoms with E-state index in [1.165, 1.54) is 0 Å². The van der Waals surface area contributed by atoms with Crippen LogP contribution in [0.15, 0.2) is 18.2 Å². The molecule has 2 rings (SSSR count). The predicted octanol–water partition coefficient (Wildman–Crippen LogP) is 1.29. The van der Waals surface area contributed by atoms with Crippen LogP contribution < -0.4 is 16.4 Å². The Balaban J connectivity index is 2.36. The first-order chi connectivity index (χ1) is 10.1. The highest BCUT2D eigenvalue weighted by Crippen LogP contribution is 2.32. The molecule has 0 radical (unpaired) electrons. The van der Waals surface area contributed by atoms with Crippen molar-refractivity contribution in [3.05, 3.63) is 23.8 Å². The third-order valence-electron chi connectivity index (χ3n) is 3.72. The molecule has 1 atom stereocenters. The Bertz CT molecular complexity index is 545. The summed E-state index contributed by atoms with van der Waals surface area (Å²) < 4.78 is 5.00. The number of para-hydroxylation sites is 1. The number of nitrogens with two attached hydrogens (primary N) is 2. The molecule has 1 aromatic carbocycles. The molecule has 4 N–H and O–H groups in total. The first kappa shape index (κ1) is 15.2. The molecule has 6 heteroatoms. The smallest absolute Gasteiger partial charge is 0.340 e. The van der Waals surface area contributed by atoms with Crippen molar-refractivity contribution < 1.29 is 14.3 Å². The highest BCUT2D eigenvalue weighted by Gasteiger charge is 2.29. The zero-order valence-electron chi connectivity index (χ0n) is 12.2. The second-order valence-electron chi connectivity index (χ2n) is 5.07. The lowest BCUT2D eigenvalue weighted by molar-refractivity contribution is -0.119. The van der Waals surface area contributed by atoms with E-state index >= 15 is 0 Å². The van der Waals surface area contributed by atoms with Gasteiger partial charge in [-0.15, -0.1) is 0 Å². The number of hydrogen-bond acceptors (Lipinski definition) is 5. The van der Waals surface area contributed by atoms with Crippen molar-refractivity contribution in [2.75, 3.05) is 23.8 Å². The molecular formula is C15H21N3O3. The zero-order chi connectivity index (χ0) is 15.4. The fourth-order valence-electron chi connectivity index (χ4n) is 2.71. The molecule has 1 aliphatic heterocycles. The van der Waals surface area contributed by atoms with Crippen LogP contribution in [0.4, 0.5) is 11.4 Å². The van der Waals surface area contributed by atoms with Gasteiger partial charge >= 0.3 is 5.97 Å². The minimum Gasteiger partial charge on any atom is -0.462 e. The van der Waals surface area contributed by atoms with E-state index in [2.05, 4.69) is 0 Å². The number of amides is 1. The normalized spacial score (nSPS) is 18.3. The monoisotopic (exact) mass is 291 g/mol. The van der Waals surface area contributed by atoms with Crippen molar-refractivity contribution in [1.29, 1.82) is 0 Å². The third kappa shape index (κ3) is 3.09. The highest BCUT2D eigenvalue weighted by molar-refractivity contribution is 5.99. The number of carbonyl (C=O) groups is 2. The number of carbonyl (C=O) groups excluding carboxylic acids is 2. The Hall–Kier alpha value is -2.24. The van der Waals surface area contributed by atoms with Gasteiger partial charge in [0.15, 0.2) is 0 Å². The van der Waals surface area contributed by atoms with Gasteiger partial charge in [0, 0.05) is 6.54 Å². The second kappa shape index (κ2) is 6.47. The molecule has 1 aromatic rings. The summed E-state index contributed by atoms with van der Waals surface area (Å²) in [6.07, 6.45) is 2.63. The van der Waals surface area contributed by atoms with Gasteiger partial charge in [-0.3, -0.25) is 4.79 Å². The predicted molar refractivity (Wildman–Crippen MR) is 81.0 cm³/mol. The Morgan fingerprint density at radius 1 is 1.38 bits per heavy atom. The molecule has 1 heterocycles. The summed E-state index contributed by atoms with van der Waals surface area (Å²) in [6.45, 7) is 2.73. The van der Waals surface area contributed by atoms with Gasteiger partial charge in [-0.05, 0) is 38.3 Å². The van der Waals surface area contributed by atoms with Crippen molar-refractivity contribution in [1.82, 2.24) is 0 Å². The molecule has 21 heavy (non-hydrogen) atoms. The van der Waals surface area contributed by atoms with Crippen LogP contribution in [0.5, 0.6) is 0 Å². The summed E-state index contributed by atoms with van der Waals surface area (Å²) in [5.74, 6) is -0.819. The van der Waals surface area contributed by atoms with Crippen molar-refractivity contribution in [2.45, 2.75) is 32.2 Å². The topological polar surface area (TPSA) is 98.6 Å². The van der Waals surface area contributed by atoms with E-state index in [0.29, 0.717) is 29.9 Å². The molecular weight excluding hydrogens is 270 g/mol. The molecule has 1 aliphatic rings. The lowest BCUT2D eigenvalue weighted by Crippen LogP contribution is -2.48. The summed E-state index contributed by atoms with van der Waals surface area (Å²) >= 11 is 0. The SMILES string of the molecule is CCOC(=O)c1cccc(N2CCCCC2C(N)=O)c1N. The fourth-order valence-corrected chi connectivity index (χ4v) is 2.71. The van der Waals surface area contributed by atoms with E-state index in [1.807, 2.05) is 4.90 Å². The van der Waals surface area contributed by atoms with Crippen LogP contribution in [0.2, 0.25) is 0 Å². The van der Waals surface area contributed by atoms with Gasteiger partial charge in [-0.1, -0.05) is 6.07 Å². The molecule has 0 aromatic heterocycles. The number of hydrogen-bond donors (Lipinski definition) is 2. The number of benzene rings is 1. The van der Waals surface area contributed by atoms with Gasteiger partial charge < -0.3 is 21.1 Å². The number of rotatable bonds is 4. The average Bonchev–Trinajstić information content (AvgIpc) is 2.47. The number of piperidine rings is 1. The molecule has 6 nitrogen and oxygen atoms in total. The second-order valence-corrected chi connectivity index (χ2v) is 5.07. The minimum atomic E-state index is -0.454. The van der Waals surface area contributed by atoms with Crippen molar-refractivity contribution in [2.24, 2.45) is 5.73 Å². The number of ether oxygens (including phenoxy) is 1. The van der Waals surface area contributed by atoms with E-state index < -0.39 is 5.97 Å². The average molecular weight is 291 g/mol. The van der Waals surface area contributed by atoms with Gasteiger partial charge in [0.05, 0.1) is 23.5 Å². The molecule has 0 saturated carbocycles. The van der Waals surface area contributed by atoms with E-state index in [-0.39, 0.29) is 18.6 Å². The molecule has 114 valence electrons. The van der Waals surface area contributed by atoms with Crippen LogP contribution in [-0.2, 0) is 9.53 Å². The quantitative estimate of drug-likeness (QED) is 0.643. The molecule has 1 unspecified atom stereocenters. The van der Waals surface area contributed by atoms with Crippen LogP contribution >= 0.6 is 0 Å². The maximum Gasteiger partial charge on any atom is 0.340 e. The van der Waals surface area contributed by atoms with E-state index in [1.54, 1.807) is 25.1 Å². The standard InChI is InChI=1S/C15H21N3O3/c1-2-21-15(20)10-6-5-8-11(13(10)16)18-9-4-3-7-12(18)14(17)19/h5-6,8,12H,2-4,7,9,16H2,1H3,(H2,17,19). The van der Waals surface area contributed by atoms with Gasteiger partial charge in [-0.2, -0.15) is 0 Å². The molecule has 1 amide bonds. The summed E-state index contributed by atoms with van der Waals surface area (Å²) in [5.41, 5.74) is 12.9. The lowest BCUT2D eigenvalue weighted by atomic mass is 9.99. The Morgan fingerprint density at radius 3 is 2.81 bits per heavy atom. The summed E-state index contributed by atoms with van der Waals surface area (Å²) in [7, 11) is 0. The third-order valence-corrected chi connectivity index (χ3v) is 3.72. The molecule has 0 bridgehead atoms. The summed E-state index contributed by atoms with van der Waals surface area (Å²) in [4.78, 5) is 25.4. The number of esters is 1. The maximum absolute atomic E-state index is 11.9. The van der Waals surface area contributed by atoms with E-state index in [9.17, 15) is 9.59 Å². The molecule has 0 spiro atoms. The van der Waals surface area contributed by atoms with Crippen LogP contribution in [0.1, 0.15) is 36.5 Å². The van der Waals surface area contributed by atoms with E-state index in [0.717, 1.165) is 12.8 Å². The largest absolute Gasteiger partial charge is 0.462 e. The lowest BCUT2D eigenvalue weighted by Gasteiger charge is -2.36. The summed E-state index contributed by atoms with van der Waals surface area (Å²) in [5, 5.41) is 0. The van der Waals surface area contributed by atoms with Crippen molar-refractivity contribution >= 4 is 23.3 Å². The maximum atomic E-state index is 11.9. The zero-order valence-corrected chi connectivity index (χ0v) is 12.2. The minimum absolute atomic E-state index is 0.288. The van der Waals surface area contributed by atoms with Crippen LogP contribution in [0, 0.1) is 0 Å². The van der Waals surface area contributed by atoms with Gasteiger partial charge in [0.2, 0.25) is 5.91 Å². The summed E-state index contributed by atoms with van der Waals surface area (Å²) in [6, 6.07) is 4.79. The Labute approximate surface area is 124 Å². The number of anilines is 2. The van der Waals surface area contributed by atoms with Gasteiger partial charge in [-0.25, -0.2) is 4.79 Å². The van der Waals surface area contributed by atoms with Crippen LogP contribution in [0.25, 0.3) is 0 Å². The molecule has 0 aliphatic carbocycles. The Kier molecular flexibility index (Phi) is 4.67.